The predicted molar refractivity (Wildman–Crippen MR) is 72.8 cm³/mol. The first-order valence-electron chi connectivity index (χ1n) is 5.66. The maximum Gasteiger partial charge on any atom is 0.321 e. The Morgan fingerprint density at radius 1 is 1.55 bits per heavy atom. The van der Waals surface area contributed by atoms with Crippen LogP contribution in [0.4, 0.5) is 0 Å². The summed E-state index contributed by atoms with van der Waals surface area (Å²) in [5.41, 5.74) is 0.151. The lowest BCUT2D eigenvalue weighted by Crippen LogP contribution is -2.41. The molecule has 1 N–H and O–H groups in total. The Balaban J connectivity index is 3.27. The number of carbonyl (C=O) groups is 1. The van der Waals surface area contributed by atoms with Crippen LogP contribution in [0, 0.1) is 11.3 Å². The second-order valence-electron chi connectivity index (χ2n) is 4.04. The van der Waals surface area contributed by atoms with Crippen LogP contribution < -0.4 is 0 Å². The standard InChI is InChI=1S/C12H13ClN2O4S/c1-3-11(12(16)17)15(2)20(18,19)9-5-4-8(7-14)10(13)6-9/h4-6,11H,3H2,1-2H3,(H,16,17). The fraction of sp³-hybridized carbons (Fsp3) is 0.333. The zero-order valence-electron chi connectivity index (χ0n) is 10.9. The Morgan fingerprint density at radius 2 is 2.15 bits per heavy atom. The fourth-order valence-electron chi connectivity index (χ4n) is 1.67. The van der Waals surface area contributed by atoms with E-state index >= 15 is 0 Å². The van der Waals surface area contributed by atoms with Crippen LogP contribution in [0.15, 0.2) is 23.1 Å². The molecule has 20 heavy (non-hydrogen) atoms. The quantitative estimate of drug-likeness (QED) is 0.891. The van der Waals surface area contributed by atoms with Crippen molar-refractivity contribution in [2.45, 2.75) is 24.3 Å². The molecule has 8 heteroatoms. The maximum absolute atomic E-state index is 12.3. The van der Waals surface area contributed by atoms with Gasteiger partial charge in [0.15, 0.2) is 0 Å². The van der Waals surface area contributed by atoms with Gasteiger partial charge in [-0.05, 0) is 24.6 Å². The SMILES string of the molecule is CCC(C(=O)O)N(C)S(=O)(=O)c1ccc(C#N)c(Cl)c1. The molecule has 0 heterocycles. The molecule has 0 aliphatic carbocycles. The van der Waals surface area contributed by atoms with Gasteiger partial charge in [0.25, 0.3) is 0 Å². The van der Waals surface area contributed by atoms with E-state index in [-0.39, 0.29) is 21.9 Å². The number of carboxylic acids is 1. The largest absolute Gasteiger partial charge is 0.480 e. The number of nitriles is 1. The molecule has 1 atom stereocenters. The molecule has 1 aromatic rings. The highest BCUT2D eigenvalue weighted by molar-refractivity contribution is 7.89. The van der Waals surface area contributed by atoms with Gasteiger partial charge in [-0.25, -0.2) is 8.42 Å². The van der Waals surface area contributed by atoms with Gasteiger partial charge in [0, 0.05) is 7.05 Å². The number of hydrogen-bond donors (Lipinski definition) is 1. The van der Waals surface area contributed by atoms with Crippen molar-refractivity contribution >= 4 is 27.6 Å². The summed E-state index contributed by atoms with van der Waals surface area (Å²) >= 11 is 5.79. The van der Waals surface area contributed by atoms with E-state index in [2.05, 4.69) is 0 Å². The summed E-state index contributed by atoms with van der Waals surface area (Å²) in [6, 6.07) is 4.31. The van der Waals surface area contributed by atoms with Crippen molar-refractivity contribution in [1.82, 2.24) is 4.31 Å². The Morgan fingerprint density at radius 3 is 2.55 bits per heavy atom. The third kappa shape index (κ3) is 3.10. The molecule has 1 unspecified atom stereocenters. The minimum absolute atomic E-state index is 0.00495. The summed E-state index contributed by atoms with van der Waals surface area (Å²) in [6.07, 6.45) is 0.134. The van der Waals surface area contributed by atoms with Crippen molar-refractivity contribution in [2.75, 3.05) is 7.05 Å². The number of aliphatic carboxylic acids is 1. The van der Waals surface area contributed by atoms with Crippen LogP contribution in [0.3, 0.4) is 0 Å². The van der Waals surface area contributed by atoms with Crippen molar-refractivity contribution in [2.24, 2.45) is 0 Å². The lowest BCUT2D eigenvalue weighted by Gasteiger charge is -2.23. The topological polar surface area (TPSA) is 98.5 Å². The van der Waals surface area contributed by atoms with E-state index in [1.165, 1.54) is 19.2 Å². The van der Waals surface area contributed by atoms with Crippen LogP contribution in [0.25, 0.3) is 0 Å². The smallest absolute Gasteiger partial charge is 0.321 e. The highest BCUT2D eigenvalue weighted by atomic mass is 35.5. The first-order valence-corrected chi connectivity index (χ1v) is 7.48. The van der Waals surface area contributed by atoms with Crippen molar-refractivity contribution < 1.29 is 18.3 Å². The molecular weight excluding hydrogens is 304 g/mol. The number of nitrogens with zero attached hydrogens (tertiary/aromatic N) is 2. The molecular formula is C12H13ClN2O4S. The summed E-state index contributed by atoms with van der Waals surface area (Å²) in [5.74, 6) is -1.22. The van der Waals surface area contributed by atoms with E-state index in [4.69, 9.17) is 22.0 Å². The van der Waals surface area contributed by atoms with Gasteiger partial charge in [-0.3, -0.25) is 4.79 Å². The van der Waals surface area contributed by atoms with Crippen LogP contribution in [-0.4, -0.2) is 36.9 Å². The number of hydrogen-bond acceptors (Lipinski definition) is 4. The Kier molecular flexibility index (Phi) is 5.11. The summed E-state index contributed by atoms with van der Waals surface area (Å²) < 4.78 is 25.4. The highest BCUT2D eigenvalue weighted by Crippen LogP contribution is 2.23. The van der Waals surface area contributed by atoms with Gasteiger partial charge in [0.1, 0.15) is 12.1 Å². The first-order chi connectivity index (χ1) is 9.25. The highest BCUT2D eigenvalue weighted by Gasteiger charge is 2.31. The van der Waals surface area contributed by atoms with E-state index in [1.807, 2.05) is 6.07 Å². The molecule has 1 aromatic carbocycles. The summed E-state index contributed by atoms with van der Waals surface area (Å²) in [5, 5.41) is 17.8. The molecule has 0 fully saturated rings. The van der Waals surface area contributed by atoms with Crippen molar-refractivity contribution in [3.63, 3.8) is 0 Å². The zero-order chi connectivity index (χ0) is 15.5. The monoisotopic (exact) mass is 316 g/mol. The maximum atomic E-state index is 12.3. The van der Waals surface area contributed by atoms with Crippen molar-refractivity contribution in [3.8, 4) is 6.07 Å². The van der Waals surface area contributed by atoms with Gasteiger partial charge in [-0.2, -0.15) is 9.57 Å². The number of likely N-dealkylation sites (N-methyl/N-ethyl adjacent to an activating group) is 1. The lowest BCUT2D eigenvalue weighted by molar-refractivity contribution is -0.141. The molecule has 6 nitrogen and oxygen atoms in total. The van der Waals surface area contributed by atoms with Gasteiger partial charge in [0.05, 0.1) is 15.5 Å². The number of halogens is 1. The Labute approximate surface area is 122 Å². The van der Waals surface area contributed by atoms with Gasteiger partial charge < -0.3 is 5.11 Å². The van der Waals surface area contributed by atoms with Crippen molar-refractivity contribution in [3.05, 3.63) is 28.8 Å². The zero-order valence-corrected chi connectivity index (χ0v) is 12.4. The molecule has 108 valence electrons. The first kappa shape index (κ1) is 16.4. The molecule has 0 aromatic heterocycles. The fourth-order valence-corrected chi connectivity index (χ4v) is 3.37. The molecule has 0 aliphatic rings. The number of rotatable bonds is 5. The van der Waals surface area contributed by atoms with Gasteiger partial charge in [-0.15, -0.1) is 0 Å². The number of sulfonamides is 1. The van der Waals surface area contributed by atoms with Gasteiger partial charge in [0.2, 0.25) is 10.0 Å². The lowest BCUT2D eigenvalue weighted by atomic mass is 10.2. The van der Waals surface area contributed by atoms with E-state index in [0.29, 0.717) is 0 Å². The van der Waals surface area contributed by atoms with Crippen molar-refractivity contribution in [1.29, 1.82) is 5.26 Å². The summed E-state index contributed by atoms with van der Waals surface area (Å²) in [4.78, 5) is 10.9. The van der Waals surface area contributed by atoms with Crippen LogP contribution >= 0.6 is 11.6 Å². The minimum atomic E-state index is -3.98. The molecule has 0 saturated heterocycles. The second-order valence-corrected chi connectivity index (χ2v) is 6.44. The van der Waals surface area contributed by atoms with Gasteiger partial charge >= 0.3 is 5.97 Å². The number of benzene rings is 1. The molecule has 1 rings (SSSR count). The third-order valence-electron chi connectivity index (χ3n) is 2.85. The molecule has 0 spiro atoms. The average Bonchev–Trinajstić information content (AvgIpc) is 2.38. The molecule has 0 saturated carbocycles. The Hall–Kier alpha value is -1.62. The van der Waals surface area contributed by atoms with Gasteiger partial charge in [-0.1, -0.05) is 18.5 Å². The number of carboxylic acid groups (broad SMARTS) is 1. The predicted octanol–water partition coefficient (Wildman–Crippen LogP) is 1.70. The van der Waals surface area contributed by atoms with E-state index in [1.54, 1.807) is 6.92 Å². The van der Waals surface area contributed by atoms with E-state index in [0.717, 1.165) is 10.4 Å². The van der Waals surface area contributed by atoms with Crippen LogP contribution in [0.1, 0.15) is 18.9 Å². The summed E-state index contributed by atoms with van der Waals surface area (Å²) in [6.45, 7) is 1.58. The van der Waals surface area contributed by atoms with Crippen LogP contribution in [-0.2, 0) is 14.8 Å². The van der Waals surface area contributed by atoms with E-state index in [9.17, 15) is 13.2 Å². The van der Waals surface area contributed by atoms with Crippen LogP contribution in [0.5, 0.6) is 0 Å². The Bertz CT molecular complexity index is 667. The second kappa shape index (κ2) is 6.22. The molecule has 0 amide bonds. The molecule has 0 radical (unpaired) electrons. The third-order valence-corrected chi connectivity index (χ3v) is 5.02. The summed E-state index contributed by atoms with van der Waals surface area (Å²) in [7, 11) is -2.79. The molecule has 0 aliphatic heterocycles. The van der Waals surface area contributed by atoms with E-state index < -0.39 is 22.0 Å². The minimum Gasteiger partial charge on any atom is -0.480 e. The normalized spacial score (nSPS) is 12.9. The van der Waals surface area contributed by atoms with Crippen LogP contribution in [0.2, 0.25) is 5.02 Å². The molecule has 0 bridgehead atoms. The average molecular weight is 317 g/mol.